The third kappa shape index (κ3) is 18.7. The molecule has 2 amide bonds. The van der Waals surface area contributed by atoms with Gasteiger partial charge in [-0.15, -0.1) is 0 Å². The Kier molecular flexibility index (Phi) is 26.2. The van der Waals surface area contributed by atoms with Crippen LogP contribution in [-0.4, -0.2) is 166 Å². The maximum absolute atomic E-state index is 14.7. The third-order valence-corrected chi connectivity index (χ3v) is 18.9. The first-order chi connectivity index (χ1) is 37.8. The van der Waals surface area contributed by atoms with E-state index < -0.39 is 73.8 Å². The zero-order chi connectivity index (χ0) is 59.1. The number of hydrogen-bond donors (Lipinski definition) is 1. The molecule has 4 aliphatic heterocycles. The van der Waals surface area contributed by atoms with E-state index in [9.17, 15) is 33.9 Å². The summed E-state index contributed by atoms with van der Waals surface area (Å²) in [5.74, 6) is -7.33. The molecule has 5 rings (SSSR count). The number of hydrogen-bond acceptors (Lipinski definition) is 14. The summed E-state index contributed by atoms with van der Waals surface area (Å²) in [5, 5.41) is 12.1. The van der Waals surface area contributed by atoms with Crippen LogP contribution in [-0.2, 0) is 61.9 Å². The summed E-state index contributed by atoms with van der Waals surface area (Å²) >= 11 is 0. The molecule has 0 spiro atoms. The Labute approximate surface area is 480 Å². The van der Waals surface area contributed by atoms with E-state index in [1.165, 1.54) is 4.90 Å². The summed E-state index contributed by atoms with van der Waals surface area (Å²) in [5.41, 5.74) is 1.73. The summed E-state index contributed by atoms with van der Waals surface area (Å²) in [4.78, 5) is 88.2. The lowest BCUT2D eigenvalue weighted by atomic mass is 9.78. The second-order valence-corrected chi connectivity index (χ2v) is 31.0. The zero-order valence-electron chi connectivity index (χ0n) is 51.2. The number of ether oxygens (including phenoxy) is 7. The molecule has 2 bridgehead atoms. The van der Waals surface area contributed by atoms with Crippen molar-refractivity contribution in [2.45, 2.75) is 219 Å². The Morgan fingerprint density at radius 3 is 2.25 bits per heavy atom. The number of ketones is 3. The van der Waals surface area contributed by atoms with E-state index in [-0.39, 0.29) is 84.7 Å². The Hall–Kier alpha value is -3.68. The van der Waals surface area contributed by atoms with Crippen LogP contribution >= 0.6 is 0 Å². The number of allylic oxidation sites excluding steroid dienone is 6. The molecule has 3 saturated heterocycles. The van der Waals surface area contributed by atoms with Gasteiger partial charge in [-0.05, 0) is 108 Å². The smallest absolute Gasteiger partial charge is 0.329 e. The van der Waals surface area contributed by atoms with Crippen molar-refractivity contribution in [3.05, 3.63) is 47.6 Å². The van der Waals surface area contributed by atoms with Gasteiger partial charge < -0.3 is 48.1 Å². The number of cyclic esters (lactones) is 1. The Morgan fingerprint density at radius 1 is 0.825 bits per heavy atom. The van der Waals surface area contributed by atoms with E-state index in [1.54, 1.807) is 28.3 Å². The Bertz CT molecular complexity index is 2210. The highest BCUT2D eigenvalue weighted by atomic mass is 28.3. The van der Waals surface area contributed by atoms with Crippen LogP contribution in [0.3, 0.4) is 0 Å². The number of carbonyl (C=O) groups excluding carboxylic acids is 6. The molecule has 0 aromatic heterocycles. The fraction of sp³-hybridized carbons (Fsp3) is 0.778. The molecule has 1 N–H and O–H groups in total. The fourth-order valence-corrected chi connectivity index (χ4v) is 13.3. The average molecular weight is 1140 g/mol. The lowest BCUT2D eigenvalue weighted by molar-refractivity contribution is -0.265. The maximum Gasteiger partial charge on any atom is 0.329 e. The van der Waals surface area contributed by atoms with Crippen LogP contribution in [0.2, 0.25) is 19.6 Å². The molecule has 452 valence electrons. The van der Waals surface area contributed by atoms with Crippen molar-refractivity contribution in [2.24, 2.45) is 41.4 Å². The van der Waals surface area contributed by atoms with Gasteiger partial charge in [0.25, 0.3) is 11.7 Å². The summed E-state index contributed by atoms with van der Waals surface area (Å²) in [6.07, 6.45) is 16.6. The molecule has 1 aliphatic carbocycles. The van der Waals surface area contributed by atoms with E-state index >= 15 is 0 Å². The van der Waals surface area contributed by atoms with Gasteiger partial charge in [0.1, 0.15) is 24.0 Å². The molecule has 1 saturated carbocycles. The second kappa shape index (κ2) is 31.3. The van der Waals surface area contributed by atoms with Crippen LogP contribution in [0.4, 0.5) is 0 Å². The highest BCUT2D eigenvalue weighted by molar-refractivity contribution is 6.76. The molecule has 17 heteroatoms. The van der Waals surface area contributed by atoms with Crippen LogP contribution in [0, 0.1) is 41.4 Å². The van der Waals surface area contributed by atoms with Gasteiger partial charge in [0.05, 0.1) is 51.7 Å². The van der Waals surface area contributed by atoms with Crippen molar-refractivity contribution >= 4 is 43.2 Å². The summed E-state index contributed by atoms with van der Waals surface area (Å²) in [6.45, 7) is 23.6. The van der Waals surface area contributed by atoms with E-state index in [0.29, 0.717) is 77.5 Å². The molecular weight excluding hydrogens is 1040 g/mol. The van der Waals surface area contributed by atoms with Crippen molar-refractivity contribution in [3.63, 3.8) is 0 Å². The average Bonchev–Trinajstić information content (AvgIpc) is 3.79. The number of carbonyl (C=O) groups is 6. The number of fused-ring (bicyclic) bond motifs is 3. The Morgan fingerprint density at radius 2 is 1.56 bits per heavy atom. The van der Waals surface area contributed by atoms with Gasteiger partial charge >= 0.3 is 5.97 Å². The minimum absolute atomic E-state index is 0.00876. The zero-order valence-corrected chi connectivity index (χ0v) is 52.2. The topological polar surface area (TPSA) is 194 Å². The number of aliphatic hydroxyl groups is 1. The largest absolute Gasteiger partial charge is 0.460 e. The first-order valence-electron chi connectivity index (χ1n) is 30.1. The highest BCUT2D eigenvalue weighted by Gasteiger charge is 2.53. The van der Waals surface area contributed by atoms with Gasteiger partial charge in [0, 0.05) is 83.6 Å². The van der Waals surface area contributed by atoms with Gasteiger partial charge in [0.15, 0.2) is 5.78 Å². The molecule has 16 nitrogen and oxygen atoms in total. The van der Waals surface area contributed by atoms with Gasteiger partial charge in [-0.1, -0.05) is 103 Å². The lowest BCUT2D eigenvalue weighted by Gasteiger charge is -2.42. The fourth-order valence-electron chi connectivity index (χ4n) is 12.6. The molecule has 16 atom stereocenters. The van der Waals surface area contributed by atoms with Crippen molar-refractivity contribution < 1.29 is 67.0 Å². The summed E-state index contributed by atoms with van der Waals surface area (Å²) in [7, 11) is 3.46. The molecule has 80 heavy (non-hydrogen) atoms. The first-order valence-corrected chi connectivity index (χ1v) is 33.8. The third-order valence-electron chi connectivity index (χ3n) is 17.8. The van der Waals surface area contributed by atoms with E-state index in [2.05, 4.69) is 32.6 Å². The van der Waals surface area contributed by atoms with Crippen LogP contribution < -0.4 is 0 Å². The number of rotatable bonds is 14. The van der Waals surface area contributed by atoms with Crippen LogP contribution in [0.1, 0.15) is 145 Å². The minimum atomic E-state index is -2.43. The van der Waals surface area contributed by atoms with Crippen molar-refractivity contribution in [1.29, 1.82) is 0 Å². The van der Waals surface area contributed by atoms with Crippen molar-refractivity contribution in [2.75, 3.05) is 53.9 Å². The SMILES string of the molecule is CO[C@H]1C[C@@H]2CC[C@@H](C)C(O)(O2)C(=O)C(=O)N2CCCC[C@H]2C(=O)O[C@H]([C@H](C)C[C@@H]2CC[C@@H](OC[C@@H]3CCC(=O)N3CCOC[Si](C)(C)C)[C@H](OC)C2)CC(=O)[C@H](C)/C=C(\C)C(C)[C@@H](OC)C(=O)[C@H](C)C[C@H](C)/C=C/C=C/C=C/1C. The van der Waals surface area contributed by atoms with E-state index in [0.717, 1.165) is 36.6 Å². The second-order valence-electron chi connectivity index (χ2n) is 25.6. The molecule has 0 radical (unpaired) electrons. The number of esters is 1. The van der Waals surface area contributed by atoms with Gasteiger partial charge in [0.2, 0.25) is 11.7 Å². The van der Waals surface area contributed by atoms with Crippen LogP contribution in [0.15, 0.2) is 47.6 Å². The normalized spacial score (nSPS) is 37.3. The van der Waals surface area contributed by atoms with Gasteiger partial charge in [-0.2, -0.15) is 0 Å². The van der Waals surface area contributed by atoms with Gasteiger partial charge in [-0.25, -0.2) is 4.79 Å². The molecule has 5 aliphatic rings. The minimum Gasteiger partial charge on any atom is -0.460 e. The molecule has 2 unspecified atom stereocenters. The monoisotopic (exact) mass is 1140 g/mol. The summed E-state index contributed by atoms with van der Waals surface area (Å²) < 4.78 is 43.1. The lowest BCUT2D eigenvalue weighted by Crippen LogP contribution is -2.61. The predicted molar refractivity (Wildman–Crippen MR) is 311 cm³/mol. The first kappa shape index (κ1) is 67.1. The summed E-state index contributed by atoms with van der Waals surface area (Å²) in [6, 6.07) is -1.15. The standard InChI is InChI=1S/C63H102N2O14Si/c1-40-20-16-15-17-21-41(2)54(73-9)36-50-26-23-46(7)63(72,79-50)60(69)61(70)65-29-19-18-22-51(65)62(71)78-55(37-52(66)43(4)33-42(3)47(8)59(75-11)58(68)45(6)32-40)44(5)34-48-24-27-53(56(35-48)74-10)77-38-49-25-28-57(67)64(49)30-31-76-39-80(12,13)14/h15-17,20-21,33,40,43-51,53-56,59,72H,18-19,22-32,34-39H2,1-14H3/b17-15+,20-16+,41-21+,42-33+/t40-,43-,44-,45-,46-,47?,48+,49+,50+,51+,53-,54+,55+,56-,59-,63?/m1/s1. The number of amides is 2. The van der Waals surface area contributed by atoms with Crippen molar-refractivity contribution in [1.82, 2.24) is 9.80 Å². The van der Waals surface area contributed by atoms with Crippen molar-refractivity contribution in [3.8, 4) is 0 Å². The van der Waals surface area contributed by atoms with E-state index in [4.69, 9.17) is 33.2 Å². The number of methoxy groups -OCH3 is 3. The van der Waals surface area contributed by atoms with E-state index in [1.807, 2.05) is 76.8 Å². The molecule has 4 heterocycles. The molecule has 0 aromatic carbocycles. The highest BCUT2D eigenvalue weighted by Crippen LogP contribution is 2.39. The number of Topliss-reactive ketones (excluding diaryl/α,β-unsaturated/α-hetero) is 3. The van der Waals surface area contributed by atoms with Crippen LogP contribution in [0.5, 0.6) is 0 Å². The number of piperidine rings is 1. The molecule has 4 fully saturated rings. The van der Waals surface area contributed by atoms with Gasteiger partial charge in [-0.3, -0.25) is 24.0 Å². The predicted octanol–water partition coefficient (Wildman–Crippen LogP) is 9.37. The molecule has 0 aromatic rings. The maximum atomic E-state index is 14.7. The quantitative estimate of drug-likeness (QED) is 0.0568. The molecular formula is C63H102N2O14Si. The number of nitrogens with zero attached hydrogens (tertiary/aromatic N) is 2. The number of likely N-dealkylation sites (tertiary alicyclic amines) is 1. The van der Waals surface area contributed by atoms with Crippen LogP contribution in [0.25, 0.3) is 0 Å². The Balaban J connectivity index is 1.39.